The van der Waals surface area contributed by atoms with Gasteiger partial charge in [-0.05, 0) is 97.3 Å². The lowest BCUT2D eigenvalue weighted by Gasteiger charge is -2.38. The number of rotatable bonds is 11. The Hall–Kier alpha value is -1.63. The molecule has 2 aliphatic carbocycles. The monoisotopic (exact) mass is 462 g/mol. The van der Waals surface area contributed by atoms with E-state index in [-0.39, 0.29) is 6.67 Å². The second-order valence-corrected chi connectivity index (χ2v) is 11.4. The van der Waals surface area contributed by atoms with Crippen molar-refractivity contribution in [3.63, 3.8) is 0 Å². The van der Waals surface area contributed by atoms with Crippen LogP contribution in [0.3, 0.4) is 0 Å². The average Bonchev–Trinajstić information content (AvgIpc) is 2.89. The molecule has 0 unspecified atom stereocenters. The summed E-state index contributed by atoms with van der Waals surface area (Å²) in [5.41, 5.74) is 5.61. The van der Waals surface area contributed by atoms with E-state index in [9.17, 15) is 4.39 Å². The Morgan fingerprint density at radius 3 is 1.53 bits per heavy atom. The molecule has 0 aliphatic heterocycles. The Morgan fingerprint density at radius 1 is 0.588 bits per heavy atom. The number of hydrogen-bond donors (Lipinski definition) is 0. The van der Waals surface area contributed by atoms with E-state index in [0.29, 0.717) is 0 Å². The lowest BCUT2D eigenvalue weighted by molar-refractivity contribution is 0.140. The minimum atomic E-state index is -0.128. The summed E-state index contributed by atoms with van der Waals surface area (Å²) in [6.45, 7) is 2.11. The third kappa shape index (κ3) is 7.43. The smallest absolute Gasteiger partial charge is 0.0894 e. The highest BCUT2D eigenvalue weighted by atomic mass is 19.1. The number of benzene rings is 2. The maximum Gasteiger partial charge on any atom is 0.0894 e. The van der Waals surface area contributed by atoms with Gasteiger partial charge in [-0.1, -0.05) is 100 Å². The fraction of sp³-hybridized carbons (Fsp3) is 0.636. The summed E-state index contributed by atoms with van der Waals surface area (Å²) >= 11 is 0. The SMILES string of the molecule is CCCc1ccc(-c2ccc(CC[C@H]3CC[C@H]([C@H]4CC[C@H](CCCCF)CC4)CC3)cc2)cc1. The topological polar surface area (TPSA) is 0 Å². The number of aryl methyl sites for hydroxylation is 2. The van der Waals surface area contributed by atoms with Crippen molar-refractivity contribution in [3.8, 4) is 11.1 Å². The number of halogens is 1. The maximum absolute atomic E-state index is 12.3. The Balaban J connectivity index is 1.15. The Kier molecular flexibility index (Phi) is 10.1. The lowest BCUT2D eigenvalue weighted by atomic mass is 9.68. The van der Waals surface area contributed by atoms with Crippen molar-refractivity contribution in [2.45, 2.75) is 103 Å². The molecule has 0 nitrogen and oxygen atoms in total. The number of alkyl halides is 1. The molecule has 34 heavy (non-hydrogen) atoms. The van der Waals surface area contributed by atoms with Gasteiger partial charge in [-0.3, -0.25) is 4.39 Å². The van der Waals surface area contributed by atoms with Gasteiger partial charge in [0.25, 0.3) is 0 Å². The molecule has 2 aromatic rings. The highest BCUT2D eigenvalue weighted by Gasteiger charge is 2.30. The van der Waals surface area contributed by atoms with Gasteiger partial charge >= 0.3 is 0 Å². The Morgan fingerprint density at radius 2 is 1.06 bits per heavy atom. The van der Waals surface area contributed by atoms with Gasteiger partial charge in [-0.2, -0.15) is 0 Å². The van der Waals surface area contributed by atoms with Crippen molar-refractivity contribution in [1.29, 1.82) is 0 Å². The quantitative estimate of drug-likeness (QED) is 0.291. The molecule has 0 radical (unpaired) electrons. The molecule has 2 aromatic carbocycles. The van der Waals surface area contributed by atoms with E-state index in [0.717, 1.165) is 36.5 Å². The summed E-state index contributed by atoms with van der Waals surface area (Å²) < 4.78 is 12.3. The molecule has 0 aromatic heterocycles. The summed E-state index contributed by atoms with van der Waals surface area (Å²) in [5, 5.41) is 0. The predicted molar refractivity (Wildman–Crippen MR) is 145 cm³/mol. The van der Waals surface area contributed by atoms with Crippen LogP contribution in [0, 0.1) is 23.7 Å². The van der Waals surface area contributed by atoms with Gasteiger partial charge in [-0.25, -0.2) is 0 Å². The first-order valence-electron chi connectivity index (χ1n) is 14.5. The molecule has 0 N–H and O–H groups in total. The van der Waals surface area contributed by atoms with Gasteiger partial charge in [-0.15, -0.1) is 0 Å². The third-order valence-corrected chi connectivity index (χ3v) is 9.07. The van der Waals surface area contributed by atoms with Gasteiger partial charge in [0, 0.05) is 0 Å². The van der Waals surface area contributed by atoms with Crippen LogP contribution < -0.4 is 0 Å². The van der Waals surface area contributed by atoms with Crippen LogP contribution >= 0.6 is 0 Å². The molecule has 4 rings (SSSR count). The van der Waals surface area contributed by atoms with Crippen LogP contribution in [0.15, 0.2) is 48.5 Å². The molecular weight excluding hydrogens is 415 g/mol. The molecule has 0 spiro atoms. The first kappa shape index (κ1) is 25.5. The van der Waals surface area contributed by atoms with Crippen LogP contribution in [0.4, 0.5) is 4.39 Å². The van der Waals surface area contributed by atoms with Crippen molar-refractivity contribution in [3.05, 3.63) is 59.7 Å². The molecule has 0 bridgehead atoms. The zero-order chi connectivity index (χ0) is 23.6. The fourth-order valence-corrected chi connectivity index (χ4v) is 6.81. The van der Waals surface area contributed by atoms with Crippen molar-refractivity contribution >= 4 is 0 Å². The first-order valence-corrected chi connectivity index (χ1v) is 14.5. The van der Waals surface area contributed by atoms with E-state index in [4.69, 9.17) is 0 Å². The van der Waals surface area contributed by atoms with E-state index in [1.54, 1.807) is 0 Å². The lowest BCUT2D eigenvalue weighted by Crippen LogP contribution is -2.26. The summed E-state index contributed by atoms with van der Waals surface area (Å²) in [6.07, 6.45) is 19.7. The van der Waals surface area contributed by atoms with Crippen LogP contribution in [-0.2, 0) is 12.8 Å². The largest absolute Gasteiger partial charge is 0.251 e. The summed E-state index contributed by atoms with van der Waals surface area (Å²) in [7, 11) is 0. The van der Waals surface area contributed by atoms with E-state index < -0.39 is 0 Å². The van der Waals surface area contributed by atoms with Crippen LogP contribution in [0.5, 0.6) is 0 Å². The summed E-state index contributed by atoms with van der Waals surface area (Å²) in [4.78, 5) is 0. The highest BCUT2D eigenvalue weighted by Crippen LogP contribution is 2.43. The van der Waals surface area contributed by atoms with Gasteiger partial charge in [0.05, 0.1) is 6.67 Å². The normalized spacial score (nSPS) is 25.4. The maximum atomic E-state index is 12.3. The molecular formula is C33H47F. The molecule has 2 aliphatic rings. The zero-order valence-corrected chi connectivity index (χ0v) is 21.6. The fourth-order valence-electron chi connectivity index (χ4n) is 6.81. The molecule has 0 saturated heterocycles. The van der Waals surface area contributed by atoms with E-state index >= 15 is 0 Å². The molecule has 186 valence electrons. The molecule has 2 fully saturated rings. The van der Waals surface area contributed by atoms with Gasteiger partial charge in [0.2, 0.25) is 0 Å². The average molecular weight is 463 g/mol. The molecule has 0 heterocycles. The van der Waals surface area contributed by atoms with Crippen molar-refractivity contribution in [2.75, 3.05) is 6.67 Å². The Bertz CT molecular complexity index is 805. The number of unbranched alkanes of at least 4 members (excludes halogenated alkanes) is 1. The van der Waals surface area contributed by atoms with Crippen LogP contribution in [0.2, 0.25) is 0 Å². The van der Waals surface area contributed by atoms with E-state index in [1.807, 2.05) is 0 Å². The molecule has 0 amide bonds. The van der Waals surface area contributed by atoms with Gasteiger partial charge in [0.15, 0.2) is 0 Å². The number of hydrogen-bond acceptors (Lipinski definition) is 0. The standard InChI is InChI=1S/C33H47F/c1-2-5-26-9-17-30(18-10-26)32-21-13-28(14-22-32)7-8-29-15-23-33(24-16-29)31-19-11-27(12-20-31)6-3-4-25-34/h9-10,13-14,17-18,21-22,27,29,31,33H,2-8,11-12,15-16,19-20,23-25H2,1H3/t27-,29-,31-,33-. The van der Waals surface area contributed by atoms with Crippen LogP contribution in [-0.4, -0.2) is 6.67 Å². The van der Waals surface area contributed by atoms with Gasteiger partial charge < -0.3 is 0 Å². The third-order valence-electron chi connectivity index (χ3n) is 9.07. The second kappa shape index (κ2) is 13.5. The van der Waals surface area contributed by atoms with Crippen molar-refractivity contribution in [2.24, 2.45) is 23.7 Å². The van der Waals surface area contributed by atoms with Gasteiger partial charge in [0.1, 0.15) is 0 Å². The predicted octanol–water partition coefficient (Wildman–Crippen LogP) is 9.99. The first-order chi connectivity index (χ1) is 16.7. The van der Waals surface area contributed by atoms with Crippen LogP contribution in [0.25, 0.3) is 11.1 Å². The molecule has 1 heteroatoms. The van der Waals surface area contributed by atoms with E-state index in [2.05, 4.69) is 55.5 Å². The summed E-state index contributed by atoms with van der Waals surface area (Å²) in [6, 6.07) is 18.5. The van der Waals surface area contributed by atoms with Crippen molar-refractivity contribution < 1.29 is 4.39 Å². The minimum absolute atomic E-state index is 0.128. The van der Waals surface area contributed by atoms with E-state index in [1.165, 1.54) is 106 Å². The zero-order valence-electron chi connectivity index (χ0n) is 21.6. The Labute approximate surface area is 208 Å². The molecule has 0 atom stereocenters. The second-order valence-electron chi connectivity index (χ2n) is 11.4. The summed E-state index contributed by atoms with van der Waals surface area (Å²) in [5.74, 6) is 3.80. The van der Waals surface area contributed by atoms with Crippen molar-refractivity contribution in [1.82, 2.24) is 0 Å². The minimum Gasteiger partial charge on any atom is -0.251 e. The van der Waals surface area contributed by atoms with Crippen LogP contribution in [0.1, 0.15) is 102 Å². The molecule has 2 saturated carbocycles. The highest BCUT2D eigenvalue weighted by molar-refractivity contribution is 5.64.